The van der Waals surface area contributed by atoms with Gasteiger partial charge in [-0.3, -0.25) is 9.59 Å². The number of nitrogens with two attached hydrogens (primary N) is 1. The van der Waals surface area contributed by atoms with Crippen molar-refractivity contribution in [3.63, 3.8) is 0 Å². The van der Waals surface area contributed by atoms with Gasteiger partial charge in [0.05, 0.1) is 32.7 Å². The molecule has 1 saturated heterocycles. The predicted octanol–water partition coefficient (Wildman–Crippen LogP) is 0.474. The van der Waals surface area contributed by atoms with E-state index in [-0.39, 0.29) is 24.2 Å². The number of hydrogen-bond acceptors (Lipinski definition) is 4. The highest BCUT2D eigenvalue weighted by Crippen LogP contribution is 2.16. The van der Waals surface area contributed by atoms with Crippen molar-refractivity contribution < 1.29 is 24.0 Å². The van der Waals surface area contributed by atoms with Gasteiger partial charge in [0.1, 0.15) is 5.78 Å². The summed E-state index contributed by atoms with van der Waals surface area (Å²) in [5.74, 6) is -0.524. The summed E-state index contributed by atoms with van der Waals surface area (Å²) in [7, 11) is 0. The summed E-state index contributed by atoms with van der Waals surface area (Å²) < 4.78 is 0.502. The number of nitrogens with zero attached hydrogens (tertiary/aromatic N) is 2. The molecule has 138 valence electrons. The Morgan fingerprint density at radius 1 is 1.12 bits per heavy atom. The maximum absolute atomic E-state index is 12.3. The molecule has 0 radical (unpaired) electrons. The Morgan fingerprint density at radius 3 is 2.25 bits per heavy atom. The lowest BCUT2D eigenvalue weighted by atomic mass is 10.0. The molecule has 1 fully saturated rings. The first kappa shape index (κ1) is 20.6. The summed E-state index contributed by atoms with van der Waals surface area (Å²) in [6.07, 6.45) is 2.22. The predicted molar refractivity (Wildman–Crippen MR) is 91.3 cm³/mol. The first-order valence-electron chi connectivity index (χ1n) is 8.87. The Morgan fingerprint density at radius 2 is 1.75 bits per heavy atom. The largest absolute Gasteiger partial charge is 0.477 e. The molecule has 0 unspecified atom stereocenters. The van der Waals surface area contributed by atoms with Crippen LogP contribution in [-0.2, 0) is 14.4 Å². The number of carbonyl (C=O) groups excluding carboxylic acids is 2. The molecule has 1 aliphatic heterocycles. The van der Waals surface area contributed by atoms with Crippen LogP contribution >= 0.6 is 0 Å². The van der Waals surface area contributed by atoms with Crippen LogP contribution in [0.25, 0.3) is 0 Å². The summed E-state index contributed by atoms with van der Waals surface area (Å²) in [4.78, 5) is 36.8. The van der Waals surface area contributed by atoms with Gasteiger partial charge in [-0.2, -0.15) is 0 Å². The van der Waals surface area contributed by atoms with E-state index >= 15 is 0 Å². The second-order valence-corrected chi connectivity index (χ2v) is 7.06. The zero-order chi connectivity index (χ0) is 18.2. The average molecular weight is 342 g/mol. The minimum atomic E-state index is -0.806. The van der Waals surface area contributed by atoms with Gasteiger partial charge < -0.3 is 20.2 Å². The Kier molecular flexibility index (Phi) is 8.35. The molecule has 0 aliphatic carbocycles. The minimum Gasteiger partial charge on any atom is -0.477 e. The molecule has 1 amide bonds. The number of amides is 1. The molecule has 1 heterocycles. The Labute approximate surface area is 144 Å². The number of carboxylic acid groups (broad SMARTS) is 1. The number of rotatable bonds is 10. The van der Waals surface area contributed by atoms with Crippen molar-refractivity contribution in [3.05, 3.63) is 0 Å². The Hall–Kier alpha value is -1.47. The summed E-state index contributed by atoms with van der Waals surface area (Å²) in [5, 5.41) is 9.16. The number of carboxylic acids is 1. The maximum atomic E-state index is 12.3. The van der Waals surface area contributed by atoms with E-state index in [4.69, 9.17) is 10.8 Å². The molecule has 7 nitrogen and oxygen atoms in total. The van der Waals surface area contributed by atoms with Crippen molar-refractivity contribution in [2.24, 2.45) is 11.7 Å². The van der Waals surface area contributed by atoms with E-state index in [1.54, 1.807) is 4.90 Å². The molecule has 0 bridgehead atoms. The van der Waals surface area contributed by atoms with E-state index in [0.717, 1.165) is 13.0 Å². The fourth-order valence-electron chi connectivity index (χ4n) is 3.17. The van der Waals surface area contributed by atoms with Crippen LogP contribution in [0.15, 0.2) is 0 Å². The Bertz CT molecular complexity index is 443. The van der Waals surface area contributed by atoms with Crippen LogP contribution in [0.5, 0.6) is 0 Å². The Balaban J connectivity index is 2.45. The summed E-state index contributed by atoms with van der Waals surface area (Å²) in [6, 6.07) is 0. The quantitative estimate of drug-likeness (QED) is 0.562. The molecule has 0 spiro atoms. The third-order valence-electron chi connectivity index (χ3n) is 4.81. The topological polar surface area (TPSA) is 101 Å². The number of aliphatic carboxylic acids is 1. The van der Waals surface area contributed by atoms with E-state index in [1.165, 1.54) is 0 Å². The van der Waals surface area contributed by atoms with Crippen molar-refractivity contribution in [3.8, 4) is 0 Å². The zero-order valence-electron chi connectivity index (χ0n) is 15.0. The van der Waals surface area contributed by atoms with Gasteiger partial charge in [-0.25, -0.2) is 4.79 Å². The fourth-order valence-corrected chi connectivity index (χ4v) is 3.17. The molecule has 1 aliphatic rings. The van der Waals surface area contributed by atoms with E-state index in [2.05, 4.69) is 0 Å². The smallest absolute Gasteiger partial charge is 0.359 e. The number of ketones is 1. The van der Waals surface area contributed by atoms with Gasteiger partial charge in [0, 0.05) is 25.2 Å². The first-order chi connectivity index (χ1) is 11.3. The number of piperazine rings is 1. The van der Waals surface area contributed by atoms with Crippen molar-refractivity contribution in [2.45, 2.75) is 39.5 Å². The molecule has 0 aromatic heterocycles. The normalized spacial score (nSPS) is 17.1. The lowest BCUT2D eigenvalue weighted by Gasteiger charge is -2.44. The fraction of sp³-hybridized carbons (Fsp3) is 0.824. The van der Waals surface area contributed by atoms with Crippen LogP contribution in [0.4, 0.5) is 0 Å². The first-order valence-corrected chi connectivity index (χ1v) is 8.87. The van der Waals surface area contributed by atoms with Gasteiger partial charge >= 0.3 is 5.97 Å². The molecule has 0 aromatic rings. The van der Waals surface area contributed by atoms with Crippen LogP contribution in [0, 0.1) is 5.92 Å². The number of carbonyl (C=O) groups is 3. The minimum absolute atomic E-state index is 0.0200. The van der Waals surface area contributed by atoms with Crippen LogP contribution in [0.1, 0.15) is 39.5 Å². The van der Waals surface area contributed by atoms with Crippen LogP contribution in [0.3, 0.4) is 0 Å². The van der Waals surface area contributed by atoms with E-state index < -0.39 is 5.97 Å². The number of Topliss-reactive ketones (excluding diaryl/α,β-unsaturated/α-hetero) is 1. The van der Waals surface area contributed by atoms with Gasteiger partial charge in [-0.15, -0.1) is 0 Å². The lowest BCUT2D eigenvalue weighted by molar-refractivity contribution is -0.924. The highest BCUT2D eigenvalue weighted by molar-refractivity contribution is 5.81. The SMILES string of the molecule is CC(C)C(=O)CCCC(=O)N1CC[N+](CCCN)(CC(=O)O)CC1. The summed E-state index contributed by atoms with van der Waals surface area (Å²) >= 11 is 0. The van der Waals surface area contributed by atoms with Crippen LogP contribution in [-0.4, -0.2) is 78.0 Å². The van der Waals surface area contributed by atoms with Crippen molar-refractivity contribution >= 4 is 17.7 Å². The van der Waals surface area contributed by atoms with Crippen LogP contribution in [0.2, 0.25) is 0 Å². The van der Waals surface area contributed by atoms with Gasteiger partial charge in [0.25, 0.3) is 0 Å². The lowest BCUT2D eigenvalue weighted by Crippen LogP contribution is -2.62. The van der Waals surface area contributed by atoms with E-state index in [0.29, 0.717) is 56.5 Å². The molecule has 0 atom stereocenters. The zero-order valence-corrected chi connectivity index (χ0v) is 15.0. The third-order valence-corrected chi connectivity index (χ3v) is 4.81. The standard InChI is InChI=1S/C17H31N3O4/c1-14(2)15(21)5-3-6-16(22)19-8-11-20(12-9-19,10-4-7-18)13-17(23)24/h14H,3-13,18H2,1-2H3/p+1. The molecular weight excluding hydrogens is 310 g/mol. The molecule has 3 N–H and O–H groups in total. The van der Waals surface area contributed by atoms with Gasteiger partial charge in [-0.1, -0.05) is 13.8 Å². The van der Waals surface area contributed by atoms with Gasteiger partial charge in [-0.05, 0) is 13.0 Å². The second-order valence-electron chi connectivity index (χ2n) is 7.06. The molecule has 24 heavy (non-hydrogen) atoms. The maximum Gasteiger partial charge on any atom is 0.359 e. The summed E-state index contributed by atoms with van der Waals surface area (Å²) in [6.45, 7) is 7.59. The second kappa shape index (κ2) is 9.74. The highest BCUT2D eigenvalue weighted by Gasteiger charge is 2.35. The molecular formula is C17H32N3O4+. The van der Waals surface area contributed by atoms with E-state index in [1.807, 2.05) is 13.8 Å². The van der Waals surface area contributed by atoms with Crippen LogP contribution < -0.4 is 5.73 Å². The van der Waals surface area contributed by atoms with Gasteiger partial charge in [0.15, 0.2) is 6.54 Å². The number of quaternary nitrogens is 1. The van der Waals surface area contributed by atoms with Crippen molar-refractivity contribution in [1.82, 2.24) is 4.90 Å². The molecule has 0 saturated carbocycles. The monoisotopic (exact) mass is 342 g/mol. The molecule has 0 aromatic carbocycles. The van der Waals surface area contributed by atoms with Crippen molar-refractivity contribution in [2.75, 3.05) is 45.8 Å². The summed E-state index contributed by atoms with van der Waals surface area (Å²) in [5.41, 5.74) is 5.56. The van der Waals surface area contributed by atoms with Crippen molar-refractivity contribution in [1.29, 1.82) is 0 Å². The molecule has 1 rings (SSSR count). The van der Waals surface area contributed by atoms with Gasteiger partial charge in [0.2, 0.25) is 5.91 Å². The highest BCUT2D eigenvalue weighted by atomic mass is 16.4. The third kappa shape index (κ3) is 6.57. The molecule has 7 heteroatoms. The number of hydrogen-bond donors (Lipinski definition) is 2. The average Bonchev–Trinajstić information content (AvgIpc) is 2.52. The van der Waals surface area contributed by atoms with E-state index in [9.17, 15) is 14.4 Å².